The molecule has 3 N–H and O–H groups in total. The van der Waals surface area contributed by atoms with Crippen LogP contribution in [0.3, 0.4) is 0 Å². The summed E-state index contributed by atoms with van der Waals surface area (Å²) >= 11 is 6.34. The number of oxime groups is 1. The van der Waals surface area contributed by atoms with E-state index in [4.69, 9.17) is 26.0 Å². The lowest BCUT2D eigenvalue weighted by Gasteiger charge is -2.21. The topological polar surface area (TPSA) is 162 Å². The van der Waals surface area contributed by atoms with Gasteiger partial charge in [-0.2, -0.15) is 5.48 Å². The molecule has 1 aromatic carbocycles. The molecule has 0 saturated heterocycles. The maximum atomic E-state index is 13.0. The summed E-state index contributed by atoms with van der Waals surface area (Å²) in [5.41, 5.74) is 2.90. The van der Waals surface area contributed by atoms with E-state index in [9.17, 15) is 24.6 Å². The summed E-state index contributed by atoms with van der Waals surface area (Å²) in [4.78, 5) is 46.3. The Morgan fingerprint density at radius 2 is 1.86 bits per heavy atom. The van der Waals surface area contributed by atoms with E-state index < -0.39 is 48.2 Å². The van der Waals surface area contributed by atoms with Gasteiger partial charge < -0.3 is 29.3 Å². The monoisotopic (exact) mass is 542 g/mol. The number of halogens is 1. The van der Waals surface area contributed by atoms with E-state index in [1.807, 2.05) is 12.2 Å². The second-order valence-corrected chi connectivity index (χ2v) is 8.53. The van der Waals surface area contributed by atoms with Crippen molar-refractivity contribution in [3.8, 4) is 11.5 Å². The molecule has 2 atom stereocenters. The van der Waals surface area contributed by atoms with Gasteiger partial charge in [-0.25, -0.2) is 14.4 Å². The van der Waals surface area contributed by atoms with Gasteiger partial charge in [-0.15, -0.1) is 0 Å². The molecular weight excluding hydrogens is 512 g/mol. The van der Waals surface area contributed by atoms with Crippen LogP contribution in [0.15, 0.2) is 23.4 Å². The molecule has 37 heavy (non-hydrogen) atoms. The van der Waals surface area contributed by atoms with Crippen molar-refractivity contribution in [2.24, 2.45) is 5.16 Å². The zero-order chi connectivity index (χ0) is 27.4. The Balaban J connectivity index is 2.48. The van der Waals surface area contributed by atoms with Crippen LogP contribution in [0.25, 0.3) is 0 Å². The Morgan fingerprint density at radius 1 is 1.16 bits per heavy atom. The molecule has 1 heterocycles. The van der Waals surface area contributed by atoms with Crippen molar-refractivity contribution in [2.75, 3.05) is 27.4 Å². The Bertz CT molecular complexity index is 1030. The first kappa shape index (κ1) is 29.9. The lowest BCUT2D eigenvalue weighted by molar-refractivity contribution is -0.149. The van der Waals surface area contributed by atoms with Gasteiger partial charge in [-0.3, -0.25) is 4.84 Å². The molecule has 204 valence electrons. The second-order valence-electron chi connectivity index (χ2n) is 8.15. The van der Waals surface area contributed by atoms with Crippen LogP contribution >= 0.6 is 11.6 Å². The number of hydrogen-bond acceptors (Lipinski definition) is 12. The number of phenolic OH excluding ortho intramolecular Hbond substituents is 2. The maximum absolute atomic E-state index is 13.0. The molecule has 0 saturated carbocycles. The molecule has 0 radical (unpaired) electrons. The van der Waals surface area contributed by atoms with Crippen molar-refractivity contribution < 1.29 is 48.5 Å². The molecular formula is C24H31ClN2O10. The van der Waals surface area contributed by atoms with E-state index in [0.29, 0.717) is 19.3 Å². The largest absolute Gasteiger partial charge is 0.507 e. The number of nitrogens with zero attached hydrogens (tertiary/aromatic N) is 1. The number of aromatic hydroxyl groups is 2. The van der Waals surface area contributed by atoms with Gasteiger partial charge >= 0.3 is 17.9 Å². The standard InChI is InChI=1S/C24H31ClN2O10/c1-14-7-5-4-6-8-15(26-35-12-20(30)33-2)9-16(27-36-13-21(31)34-3)10-17-22(24(32)37-14)18(28)11-19(29)23(17)25/h4-5,11,14-15,26,28-29H,6-10,12-13H2,1-3H3/b5-4+,27-16+. The summed E-state index contributed by atoms with van der Waals surface area (Å²) in [6.07, 6.45) is 4.81. The molecule has 1 aliphatic rings. The van der Waals surface area contributed by atoms with E-state index in [1.165, 1.54) is 14.2 Å². The average molecular weight is 543 g/mol. The third-order valence-electron chi connectivity index (χ3n) is 5.28. The van der Waals surface area contributed by atoms with E-state index in [1.54, 1.807) is 6.92 Å². The third-order valence-corrected chi connectivity index (χ3v) is 5.71. The number of carbonyl (C=O) groups is 3. The molecule has 1 aliphatic heterocycles. The number of fused-ring (bicyclic) bond motifs is 1. The molecule has 0 amide bonds. The number of hydrogen-bond donors (Lipinski definition) is 3. The SMILES string of the molecule is COC(=O)CO/N=C1/Cc2c(Cl)c(O)cc(O)c2C(=O)OC(C)C/C=C/CCC(NOCC(=O)OC)C1. The van der Waals surface area contributed by atoms with Crippen LogP contribution in [0, 0.1) is 0 Å². The highest BCUT2D eigenvalue weighted by Crippen LogP contribution is 2.37. The summed E-state index contributed by atoms with van der Waals surface area (Å²) < 4.78 is 14.6. The number of esters is 3. The fourth-order valence-corrected chi connectivity index (χ4v) is 3.63. The molecule has 0 spiro atoms. The molecule has 12 nitrogen and oxygen atoms in total. The lowest BCUT2D eigenvalue weighted by Crippen LogP contribution is -2.34. The van der Waals surface area contributed by atoms with Gasteiger partial charge in [-0.05, 0) is 25.3 Å². The van der Waals surface area contributed by atoms with Crippen molar-refractivity contribution in [3.05, 3.63) is 34.4 Å². The van der Waals surface area contributed by atoms with Crippen LogP contribution in [-0.4, -0.2) is 73.4 Å². The predicted molar refractivity (Wildman–Crippen MR) is 131 cm³/mol. The highest BCUT2D eigenvalue weighted by Gasteiger charge is 2.27. The molecule has 0 fully saturated rings. The number of benzene rings is 1. The summed E-state index contributed by atoms with van der Waals surface area (Å²) in [5.74, 6) is -3.06. The lowest BCUT2D eigenvalue weighted by atomic mass is 9.95. The van der Waals surface area contributed by atoms with Gasteiger partial charge in [0.25, 0.3) is 0 Å². The van der Waals surface area contributed by atoms with Gasteiger partial charge in [0, 0.05) is 31.4 Å². The van der Waals surface area contributed by atoms with Crippen LogP contribution < -0.4 is 5.48 Å². The van der Waals surface area contributed by atoms with Crippen molar-refractivity contribution in [2.45, 2.75) is 51.2 Å². The fourth-order valence-electron chi connectivity index (χ4n) is 3.42. The number of phenols is 2. The Kier molecular flexibility index (Phi) is 12.1. The molecule has 0 bridgehead atoms. The number of allylic oxidation sites excluding steroid dienone is 1. The smallest absolute Gasteiger partial charge is 0.346 e. The second kappa shape index (κ2) is 15.0. The van der Waals surface area contributed by atoms with E-state index in [2.05, 4.69) is 20.1 Å². The Hall–Kier alpha value is -3.35. The van der Waals surface area contributed by atoms with Gasteiger partial charge in [0.15, 0.2) is 6.61 Å². The van der Waals surface area contributed by atoms with E-state index in [0.717, 1.165) is 6.07 Å². The first-order valence-corrected chi connectivity index (χ1v) is 11.8. The zero-order valence-electron chi connectivity index (χ0n) is 20.8. The number of cyclic esters (lactones) is 1. The number of methoxy groups -OCH3 is 2. The van der Waals surface area contributed by atoms with E-state index >= 15 is 0 Å². The molecule has 1 aromatic rings. The van der Waals surface area contributed by atoms with Crippen LogP contribution in [-0.2, 0) is 39.9 Å². The first-order valence-electron chi connectivity index (χ1n) is 11.4. The predicted octanol–water partition coefficient (Wildman–Crippen LogP) is 2.58. The van der Waals surface area contributed by atoms with E-state index in [-0.39, 0.29) is 41.3 Å². The number of rotatable bonds is 7. The maximum Gasteiger partial charge on any atom is 0.346 e. The van der Waals surface area contributed by atoms with Crippen LogP contribution in [0.1, 0.15) is 48.5 Å². The summed E-state index contributed by atoms with van der Waals surface area (Å²) in [5, 5.41) is 24.5. The van der Waals surface area contributed by atoms with Gasteiger partial charge in [0.05, 0.1) is 25.0 Å². The first-order chi connectivity index (χ1) is 17.7. The number of ether oxygens (including phenoxy) is 3. The Morgan fingerprint density at radius 3 is 2.57 bits per heavy atom. The molecule has 0 aliphatic carbocycles. The van der Waals surface area contributed by atoms with Crippen molar-refractivity contribution in [1.82, 2.24) is 5.48 Å². The Labute approximate surface area is 219 Å². The van der Waals surface area contributed by atoms with Gasteiger partial charge in [-0.1, -0.05) is 28.9 Å². The summed E-state index contributed by atoms with van der Waals surface area (Å²) in [6.45, 7) is 0.879. The normalized spacial score (nSPS) is 20.8. The number of hydroxylamine groups is 1. The molecule has 0 aromatic heterocycles. The van der Waals surface area contributed by atoms with Crippen molar-refractivity contribution >= 4 is 35.2 Å². The minimum atomic E-state index is -0.835. The van der Waals surface area contributed by atoms with Crippen LogP contribution in [0.5, 0.6) is 11.5 Å². The van der Waals surface area contributed by atoms with Crippen molar-refractivity contribution in [1.29, 1.82) is 0 Å². The summed E-state index contributed by atoms with van der Waals surface area (Å²) in [6, 6.07) is 0.543. The zero-order valence-corrected chi connectivity index (χ0v) is 21.6. The van der Waals surface area contributed by atoms with Gasteiger partial charge in [0.2, 0.25) is 6.61 Å². The molecule has 2 unspecified atom stereocenters. The quantitative estimate of drug-likeness (QED) is 0.201. The van der Waals surface area contributed by atoms with Crippen LogP contribution in [0.2, 0.25) is 5.02 Å². The number of nitrogens with one attached hydrogen (secondary N) is 1. The minimum absolute atomic E-state index is 0.0543. The minimum Gasteiger partial charge on any atom is -0.507 e. The fraction of sp³-hybridized carbons (Fsp3) is 0.500. The van der Waals surface area contributed by atoms with Crippen molar-refractivity contribution in [3.63, 3.8) is 0 Å². The number of carbonyl (C=O) groups excluding carboxylic acids is 3. The highest BCUT2D eigenvalue weighted by atomic mass is 35.5. The average Bonchev–Trinajstić information content (AvgIpc) is 2.85. The van der Waals surface area contributed by atoms with Gasteiger partial charge in [0.1, 0.15) is 23.2 Å². The third kappa shape index (κ3) is 9.56. The summed E-state index contributed by atoms with van der Waals surface area (Å²) in [7, 11) is 2.43. The van der Waals surface area contributed by atoms with Crippen LogP contribution in [0.4, 0.5) is 0 Å². The molecule has 2 rings (SSSR count). The highest BCUT2D eigenvalue weighted by molar-refractivity contribution is 6.33. The molecule has 13 heteroatoms.